The highest BCUT2D eigenvalue weighted by Gasteiger charge is 2.43. The fraction of sp³-hybridized carbons (Fsp3) is 0.455. The molecule has 2 rings (SSSR count). The van der Waals surface area contributed by atoms with Crippen molar-refractivity contribution in [2.75, 3.05) is 18.6 Å². The van der Waals surface area contributed by atoms with E-state index in [2.05, 4.69) is 6.07 Å². The third kappa shape index (κ3) is 1.51. The number of nitrogens with two attached hydrogens (primary N) is 1. The number of rotatable bonds is 3. The fourth-order valence-electron chi connectivity index (χ4n) is 1.73. The van der Waals surface area contributed by atoms with Crippen molar-refractivity contribution in [3.8, 4) is 0 Å². The van der Waals surface area contributed by atoms with Crippen LogP contribution in [0.2, 0.25) is 0 Å². The van der Waals surface area contributed by atoms with Crippen LogP contribution in [0.15, 0.2) is 23.1 Å². The molecule has 0 heterocycles. The van der Waals surface area contributed by atoms with E-state index in [0.29, 0.717) is 0 Å². The summed E-state index contributed by atoms with van der Waals surface area (Å²) in [7, 11) is 0. The van der Waals surface area contributed by atoms with Crippen LogP contribution < -0.4 is 5.73 Å². The van der Waals surface area contributed by atoms with Crippen molar-refractivity contribution in [3.05, 3.63) is 23.8 Å². The lowest BCUT2D eigenvalue weighted by atomic mass is 9.97. The summed E-state index contributed by atoms with van der Waals surface area (Å²) >= 11 is 1.66. The molecule has 0 saturated heterocycles. The summed E-state index contributed by atoms with van der Waals surface area (Å²) in [5, 5.41) is 9.30. The van der Waals surface area contributed by atoms with Crippen molar-refractivity contribution in [3.63, 3.8) is 0 Å². The Labute approximate surface area is 88.5 Å². The van der Waals surface area contributed by atoms with Gasteiger partial charge < -0.3 is 10.8 Å². The SMILES string of the molecule is CSc1cc(C2(CO)CC2)ccc1N. The monoisotopic (exact) mass is 209 g/mol. The van der Waals surface area contributed by atoms with Gasteiger partial charge in [0, 0.05) is 16.0 Å². The van der Waals surface area contributed by atoms with E-state index >= 15 is 0 Å². The molecule has 1 fully saturated rings. The maximum atomic E-state index is 9.30. The molecular weight excluding hydrogens is 194 g/mol. The summed E-state index contributed by atoms with van der Waals surface area (Å²) < 4.78 is 0. The molecule has 3 heteroatoms. The van der Waals surface area contributed by atoms with E-state index in [9.17, 15) is 5.11 Å². The van der Waals surface area contributed by atoms with Crippen molar-refractivity contribution in [1.29, 1.82) is 0 Å². The molecule has 0 spiro atoms. The van der Waals surface area contributed by atoms with Crippen LogP contribution in [0.1, 0.15) is 18.4 Å². The minimum atomic E-state index is 0.0538. The Morgan fingerprint density at radius 1 is 1.50 bits per heavy atom. The molecule has 0 unspecified atom stereocenters. The van der Waals surface area contributed by atoms with Crippen LogP contribution in [0.4, 0.5) is 5.69 Å². The number of benzene rings is 1. The smallest absolute Gasteiger partial charge is 0.0527 e. The predicted octanol–water partition coefficient (Wildman–Crippen LogP) is 2.01. The molecule has 76 valence electrons. The van der Waals surface area contributed by atoms with Gasteiger partial charge in [-0.05, 0) is 36.8 Å². The van der Waals surface area contributed by atoms with E-state index in [1.54, 1.807) is 11.8 Å². The zero-order chi connectivity index (χ0) is 10.2. The quantitative estimate of drug-likeness (QED) is 0.591. The molecule has 0 aromatic heterocycles. The molecule has 0 amide bonds. The van der Waals surface area contributed by atoms with Gasteiger partial charge in [0.25, 0.3) is 0 Å². The minimum Gasteiger partial charge on any atom is -0.398 e. The predicted molar refractivity (Wildman–Crippen MR) is 60.6 cm³/mol. The van der Waals surface area contributed by atoms with Crippen LogP contribution >= 0.6 is 11.8 Å². The van der Waals surface area contributed by atoms with E-state index in [1.165, 1.54) is 5.56 Å². The molecule has 3 N–H and O–H groups in total. The van der Waals surface area contributed by atoms with Crippen molar-refractivity contribution < 1.29 is 5.11 Å². The Bertz CT molecular complexity index is 347. The largest absolute Gasteiger partial charge is 0.398 e. The number of thioether (sulfide) groups is 1. The van der Waals surface area contributed by atoms with Gasteiger partial charge in [-0.25, -0.2) is 0 Å². The lowest BCUT2D eigenvalue weighted by Crippen LogP contribution is -2.12. The van der Waals surface area contributed by atoms with Crippen LogP contribution in [-0.2, 0) is 5.41 Å². The second kappa shape index (κ2) is 3.48. The molecule has 0 aliphatic heterocycles. The molecule has 0 atom stereocenters. The van der Waals surface area contributed by atoms with Gasteiger partial charge in [0.05, 0.1) is 6.61 Å². The number of hydrogen-bond acceptors (Lipinski definition) is 3. The normalized spacial score (nSPS) is 18.1. The van der Waals surface area contributed by atoms with Gasteiger partial charge in [-0.3, -0.25) is 0 Å². The van der Waals surface area contributed by atoms with E-state index in [4.69, 9.17) is 5.73 Å². The summed E-state index contributed by atoms with van der Waals surface area (Å²) in [6.07, 6.45) is 4.22. The Balaban J connectivity index is 2.36. The topological polar surface area (TPSA) is 46.2 Å². The zero-order valence-electron chi connectivity index (χ0n) is 8.29. The Morgan fingerprint density at radius 3 is 2.71 bits per heavy atom. The first-order chi connectivity index (χ1) is 6.72. The summed E-state index contributed by atoms with van der Waals surface area (Å²) in [4.78, 5) is 1.11. The molecule has 14 heavy (non-hydrogen) atoms. The lowest BCUT2D eigenvalue weighted by Gasteiger charge is -2.14. The average molecular weight is 209 g/mol. The standard InChI is InChI=1S/C11H15NOS/c1-14-10-6-8(2-3-9(10)12)11(7-13)4-5-11/h2-3,6,13H,4-5,7,12H2,1H3. The van der Waals surface area contributed by atoms with Crippen LogP contribution in [0.3, 0.4) is 0 Å². The van der Waals surface area contributed by atoms with Crippen LogP contribution in [0.25, 0.3) is 0 Å². The number of anilines is 1. The van der Waals surface area contributed by atoms with Crippen LogP contribution in [-0.4, -0.2) is 18.0 Å². The molecule has 0 radical (unpaired) electrons. The Kier molecular flexibility index (Phi) is 2.45. The van der Waals surface area contributed by atoms with Crippen molar-refractivity contribution >= 4 is 17.4 Å². The maximum absolute atomic E-state index is 9.30. The summed E-state index contributed by atoms with van der Waals surface area (Å²) in [6.45, 7) is 0.255. The first-order valence-corrected chi connectivity index (χ1v) is 5.99. The first-order valence-electron chi connectivity index (χ1n) is 4.77. The van der Waals surface area contributed by atoms with Gasteiger partial charge in [-0.15, -0.1) is 11.8 Å². The molecule has 1 aromatic rings. The molecule has 1 aliphatic rings. The maximum Gasteiger partial charge on any atom is 0.0527 e. The van der Waals surface area contributed by atoms with Gasteiger partial charge >= 0.3 is 0 Å². The van der Waals surface area contributed by atoms with Gasteiger partial charge in [-0.2, -0.15) is 0 Å². The van der Waals surface area contributed by atoms with Gasteiger partial charge in [0.2, 0.25) is 0 Å². The summed E-state index contributed by atoms with van der Waals surface area (Å²) in [5.41, 5.74) is 7.94. The first kappa shape index (κ1) is 9.87. The van der Waals surface area contributed by atoms with Crippen LogP contribution in [0, 0.1) is 0 Å². The highest BCUT2D eigenvalue weighted by atomic mass is 32.2. The Hall–Kier alpha value is -0.670. The molecule has 0 bridgehead atoms. The number of aliphatic hydroxyl groups excluding tert-OH is 1. The van der Waals surface area contributed by atoms with Crippen molar-refractivity contribution in [2.45, 2.75) is 23.2 Å². The average Bonchev–Trinajstić information content (AvgIpc) is 2.99. The molecule has 1 saturated carbocycles. The van der Waals surface area contributed by atoms with Gasteiger partial charge in [-0.1, -0.05) is 6.07 Å². The van der Waals surface area contributed by atoms with Crippen molar-refractivity contribution in [2.24, 2.45) is 0 Å². The van der Waals surface area contributed by atoms with Crippen molar-refractivity contribution in [1.82, 2.24) is 0 Å². The molecule has 2 nitrogen and oxygen atoms in total. The zero-order valence-corrected chi connectivity index (χ0v) is 9.10. The fourth-order valence-corrected chi connectivity index (χ4v) is 2.28. The van der Waals surface area contributed by atoms with E-state index in [-0.39, 0.29) is 12.0 Å². The number of hydrogen-bond donors (Lipinski definition) is 2. The highest BCUT2D eigenvalue weighted by molar-refractivity contribution is 7.98. The van der Waals surface area contributed by atoms with E-state index < -0.39 is 0 Å². The third-order valence-electron chi connectivity index (χ3n) is 3.00. The molecular formula is C11H15NOS. The second-order valence-corrected chi connectivity index (χ2v) is 4.74. The second-order valence-electron chi connectivity index (χ2n) is 3.90. The Morgan fingerprint density at radius 2 is 2.21 bits per heavy atom. The van der Waals surface area contributed by atoms with Gasteiger partial charge in [0.1, 0.15) is 0 Å². The molecule has 1 aromatic carbocycles. The number of aliphatic hydroxyl groups is 1. The van der Waals surface area contributed by atoms with E-state index in [0.717, 1.165) is 23.4 Å². The number of nitrogen functional groups attached to an aromatic ring is 1. The van der Waals surface area contributed by atoms with Crippen LogP contribution in [0.5, 0.6) is 0 Å². The third-order valence-corrected chi connectivity index (χ3v) is 3.80. The molecule has 1 aliphatic carbocycles. The van der Waals surface area contributed by atoms with E-state index in [1.807, 2.05) is 18.4 Å². The highest BCUT2D eigenvalue weighted by Crippen LogP contribution is 2.48. The lowest BCUT2D eigenvalue weighted by molar-refractivity contribution is 0.255. The minimum absolute atomic E-state index is 0.0538. The summed E-state index contributed by atoms with van der Waals surface area (Å²) in [6, 6.07) is 6.10. The summed E-state index contributed by atoms with van der Waals surface area (Å²) in [5.74, 6) is 0. The van der Waals surface area contributed by atoms with Gasteiger partial charge in [0.15, 0.2) is 0 Å².